The minimum absolute atomic E-state index is 0.0242. The summed E-state index contributed by atoms with van der Waals surface area (Å²) in [5.74, 6) is 0.696. The van der Waals surface area contributed by atoms with Crippen LogP contribution in [0.2, 0.25) is 0 Å². The van der Waals surface area contributed by atoms with E-state index in [1.54, 1.807) is 36.8 Å². The fraction of sp³-hybridized carbons (Fsp3) is 0.154. The molecule has 92 valence electrons. The van der Waals surface area contributed by atoms with Gasteiger partial charge in [0, 0.05) is 18.0 Å². The fourth-order valence-corrected chi connectivity index (χ4v) is 1.89. The van der Waals surface area contributed by atoms with Crippen molar-refractivity contribution in [3.05, 3.63) is 52.5 Å². The molecule has 0 atom stereocenters. The number of halogens is 1. The van der Waals surface area contributed by atoms with Crippen molar-refractivity contribution >= 4 is 21.7 Å². The lowest BCUT2D eigenvalue weighted by Crippen LogP contribution is -2.00. The van der Waals surface area contributed by atoms with Crippen molar-refractivity contribution < 1.29 is 9.53 Å². The van der Waals surface area contributed by atoms with Crippen LogP contribution in [0.4, 0.5) is 0 Å². The van der Waals surface area contributed by atoms with Crippen LogP contribution in [0.5, 0.6) is 5.75 Å². The van der Waals surface area contributed by atoms with Crippen LogP contribution in [0.1, 0.15) is 23.0 Å². The van der Waals surface area contributed by atoms with Crippen LogP contribution in [0, 0.1) is 0 Å². The van der Waals surface area contributed by atoms with Gasteiger partial charge in [0.2, 0.25) is 0 Å². The number of carbonyl (C=O) groups excluding carboxylic acids is 1. The van der Waals surface area contributed by atoms with Crippen molar-refractivity contribution in [3.8, 4) is 5.75 Å². The first-order chi connectivity index (χ1) is 8.66. The monoisotopic (exact) mass is 306 g/mol. The molecule has 2 aromatic rings. The van der Waals surface area contributed by atoms with Gasteiger partial charge < -0.3 is 4.74 Å². The molecular weight excluding hydrogens is 296 g/mol. The van der Waals surface area contributed by atoms with Gasteiger partial charge in [-0.05, 0) is 41.1 Å². The standard InChI is InChI=1S/C13H11BrN2O2/c1-9(17)10-2-3-13(12(14)6-10)18-8-11-7-15-4-5-16-11/h2-7H,8H2,1H3. The predicted molar refractivity (Wildman–Crippen MR) is 70.5 cm³/mol. The SMILES string of the molecule is CC(=O)c1ccc(OCc2cnccn2)c(Br)c1. The number of hydrogen-bond acceptors (Lipinski definition) is 4. The molecule has 1 aromatic heterocycles. The normalized spacial score (nSPS) is 10.1. The van der Waals surface area contributed by atoms with Gasteiger partial charge in [-0.1, -0.05) is 0 Å². The van der Waals surface area contributed by atoms with E-state index in [4.69, 9.17) is 4.74 Å². The molecule has 0 saturated heterocycles. The number of Topliss-reactive ketones (excluding diaryl/α,β-unsaturated/α-hetero) is 1. The molecule has 2 rings (SSSR count). The van der Waals surface area contributed by atoms with E-state index in [0.29, 0.717) is 17.9 Å². The maximum atomic E-state index is 11.2. The van der Waals surface area contributed by atoms with Crippen LogP contribution >= 0.6 is 15.9 Å². The molecule has 0 unspecified atom stereocenters. The summed E-state index contributed by atoms with van der Waals surface area (Å²) >= 11 is 3.38. The number of ketones is 1. The summed E-state index contributed by atoms with van der Waals surface area (Å²) in [6.07, 6.45) is 4.88. The Morgan fingerprint density at radius 3 is 2.83 bits per heavy atom. The molecule has 0 N–H and O–H groups in total. The molecule has 0 saturated carbocycles. The second-order valence-electron chi connectivity index (χ2n) is 3.69. The third kappa shape index (κ3) is 3.13. The molecule has 5 heteroatoms. The van der Waals surface area contributed by atoms with Gasteiger partial charge in [-0.2, -0.15) is 0 Å². The van der Waals surface area contributed by atoms with Gasteiger partial charge in [-0.25, -0.2) is 0 Å². The summed E-state index contributed by atoms with van der Waals surface area (Å²) in [6.45, 7) is 1.87. The molecule has 0 amide bonds. The quantitative estimate of drug-likeness (QED) is 0.815. The number of ether oxygens (including phenoxy) is 1. The average molecular weight is 307 g/mol. The zero-order valence-electron chi connectivity index (χ0n) is 9.76. The number of rotatable bonds is 4. The maximum absolute atomic E-state index is 11.2. The van der Waals surface area contributed by atoms with Gasteiger partial charge in [0.15, 0.2) is 5.78 Å². The molecule has 4 nitrogen and oxygen atoms in total. The first kappa shape index (κ1) is 12.7. The van der Waals surface area contributed by atoms with E-state index in [1.807, 2.05) is 0 Å². The third-order valence-corrected chi connectivity index (χ3v) is 2.95. The molecule has 18 heavy (non-hydrogen) atoms. The van der Waals surface area contributed by atoms with Crippen molar-refractivity contribution in [2.75, 3.05) is 0 Å². The molecule has 0 bridgehead atoms. The summed E-state index contributed by atoms with van der Waals surface area (Å²) < 4.78 is 6.35. The molecule has 0 aliphatic carbocycles. The topological polar surface area (TPSA) is 52.1 Å². The van der Waals surface area contributed by atoms with Gasteiger partial charge in [-0.3, -0.25) is 14.8 Å². The van der Waals surface area contributed by atoms with Gasteiger partial charge in [0.1, 0.15) is 12.4 Å². The number of hydrogen-bond donors (Lipinski definition) is 0. The summed E-state index contributed by atoms with van der Waals surface area (Å²) in [4.78, 5) is 19.3. The highest BCUT2D eigenvalue weighted by atomic mass is 79.9. The largest absolute Gasteiger partial charge is 0.486 e. The third-order valence-electron chi connectivity index (χ3n) is 2.33. The molecule has 1 aromatic carbocycles. The highest BCUT2D eigenvalue weighted by Gasteiger charge is 2.06. The minimum atomic E-state index is 0.0242. The molecule has 0 radical (unpaired) electrons. The van der Waals surface area contributed by atoms with Crippen LogP contribution in [0.3, 0.4) is 0 Å². The molecule has 0 spiro atoms. The van der Waals surface area contributed by atoms with E-state index >= 15 is 0 Å². The summed E-state index contributed by atoms with van der Waals surface area (Å²) in [6, 6.07) is 5.24. The van der Waals surface area contributed by atoms with Crippen LogP contribution in [0.25, 0.3) is 0 Å². The van der Waals surface area contributed by atoms with Crippen LogP contribution < -0.4 is 4.74 Å². The Morgan fingerprint density at radius 2 is 2.22 bits per heavy atom. The van der Waals surface area contributed by atoms with Gasteiger partial charge >= 0.3 is 0 Å². The Hall–Kier alpha value is -1.75. The Morgan fingerprint density at radius 1 is 1.39 bits per heavy atom. The minimum Gasteiger partial charge on any atom is -0.486 e. The number of nitrogens with zero attached hydrogens (tertiary/aromatic N) is 2. The fourth-order valence-electron chi connectivity index (χ4n) is 1.39. The van der Waals surface area contributed by atoms with Gasteiger partial charge in [0.05, 0.1) is 16.4 Å². The smallest absolute Gasteiger partial charge is 0.159 e. The predicted octanol–water partition coefficient (Wildman–Crippen LogP) is 3.02. The molecule has 0 aliphatic heterocycles. The average Bonchev–Trinajstić information content (AvgIpc) is 2.38. The van der Waals surface area contributed by atoms with Crippen molar-refractivity contribution in [1.82, 2.24) is 9.97 Å². The van der Waals surface area contributed by atoms with E-state index in [0.717, 1.165) is 10.2 Å². The Bertz CT molecular complexity index is 558. The number of aromatic nitrogens is 2. The summed E-state index contributed by atoms with van der Waals surface area (Å²) in [7, 11) is 0. The van der Waals surface area contributed by atoms with Gasteiger partial charge in [0.25, 0.3) is 0 Å². The lowest BCUT2D eigenvalue weighted by molar-refractivity contribution is 0.101. The van der Waals surface area contributed by atoms with Crippen LogP contribution in [0.15, 0.2) is 41.3 Å². The maximum Gasteiger partial charge on any atom is 0.159 e. The lowest BCUT2D eigenvalue weighted by Gasteiger charge is -2.08. The highest BCUT2D eigenvalue weighted by Crippen LogP contribution is 2.26. The Kier molecular flexibility index (Phi) is 4.04. The highest BCUT2D eigenvalue weighted by molar-refractivity contribution is 9.10. The van der Waals surface area contributed by atoms with Crippen molar-refractivity contribution in [2.24, 2.45) is 0 Å². The summed E-state index contributed by atoms with van der Waals surface area (Å²) in [5, 5.41) is 0. The first-order valence-corrected chi connectivity index (χ1v) is 6.14. The van der Waals surface area contributed by atoms with Crippen molar-refractivity contribution in [1.29, 1.82) is 0 Å². The molecular formula is C13H11BrN2O2. The molecule has 0 fully saturated rings. The number of carbonyl (C=O) groups is 1. The summed E-state index contributed by atoms with van der Waals surface area (Å²) in [5.41, 5.74) is 1.40. The number of benzene rings is 1. The lowest BCUT2D eigenvalue weighted by atomic mass is 10.1. The molecule has 1 heterocycles. The zero-order chi connectivity index (χ0) is 13.0. The van der Waals surface area contributed by atoms with Crippen molar-refractivity contribution in [3.63, 3.8) is 0 Å². The second-order valence-corrected chi connectivity index (χ2v) is 4.54. The van der Waals surface area contributed by atoms with Crippen LogP contribution in [-0.2, 0) is 6.61 Å². The van der Waals surface area contributed by atoms with E-state index in [2.05, 4.69) is 25.9 Å². The first-order valence-electron chi connectivity index (χ1n) is 5.35. The van der Waals surface area contributed by atoms with E-state index < -0.39 is 0 Å². The van der Waals surface area contributed by atoms with E-state index in [1.165, 1.54) is 6.92 Å². The molecule has 0 aliphatic rings. The Labute approximate surface area is 113 Å². The van der Waals surface area contributed by atoms with Gasteiger partial charge in [-0.15, -0.1) is 0 Å². The Balaban J connectivity index is 2.08. The van der Waals surface area contributed by atoms with Crippen LogP contribution in [-0.4, -0.2) is 15.8 Å². The second kappa shape index (κ2) is 5.73. The van der Waals surface area contributed by atoms with E-state index in [9.17, 15) is 4.79 Å². The van der Waals surface area contributed by atoms with E-state index in [-0.39, 0.29) is 5.78 Å². The zero-order valence-corrected chi connectivity index (χ0v) is 11.3. The van der Waals surface area contributed by atoms with Crippen molar-refractivity contribution in [2.45, 2.75) is 13.5 Å².